The van der Waals surface area contributed by atoms with Gasteiger partial charge in [0.25, 0.3) is 0 Å². The summed E-state index contributed by atoms with van der Waals surface area (Å²) in [6.07, 6.45) is -3.12. The number of benzene rings is 2. The van der Waals surface area contributed by atoms with Gasteiger partial charge in [-0.2, -0.15) is 13.2 Å². The van der Waals surface area contributed by atoms with E-state index in [-0.39, 0.29) is 5.56 Å². The molecule has 0 heterocycles. The molecule has 0 saturated carbocycles. The van der Waals surface area contributed by atoms with Crippen molar-refractivity contribution in [2.45, 2.75) is 13.1 Å². The molecule has 2 rings (SSSR count). The Bertz CT molecular complexity index is 583. The molecule has 0 aliphatic carbocycles. The molecule has 0 fully saturated rings. The third-order valence-corrected chi connectivity index (χ3v) is 2.65. The Hall–Kier alpha value is -2.10. The molecule has 0 saturated heterocycles. The Balaban J connectivity index is 2.31. The van der Waals surface area contributed by atoms with Crippen LogP contribution in [0.3, 0.4) is 0 Å². The second kappa shape index (κ2) is 5.26. The van der Waals surface area contributed by atoms with Crippen molar-refractivity contribution in [3.8, 4) is 0 Å². The summed E-state index contributed by atoms with van der Waals surface area (Å²) in [6.45, 7) is 1.94. The summed E-state index contributed by atoms with van der Waals surface area (Å²) < 4.78 is 38.3. The molecule has 2 aromatic rings. The molecule has 19 heavy (non-hydrogen) atoms. The molecule has 1 nitrogen and oxygen atoms in total. The molecule has 0 radical (unpaired) electrons. The summed E-state index contributed by atoms with van der Waals surface area (Å²) in [5.74, 6) is 0. The number of halogens is 3. The van der Waals surface area contributed by atoms with Crippen LogP contribution in [0.5, 0.6) is 0 Å². The van der Waals surface area contributed by atoms with Gasteiger partial charge in [-0.3, -0.25) is 4.99 Å². The average molecular weight is 263 g/mol. The Kier molecular flexibility index (Phi) is 3.69. The van der Waals surface area contributed by atoms with Gasteiger partial charge in [-0.25, -0.2) is 0 Å². The predicted octanol–water partition coefficient (Wildman–Crippen LogP) is 4.76. The second-order valence-corrected chi connectivity index (χ2v) is 4.18. The second-order valence-electron chi connectivity index (χ2n) is 4.18. The van der Waals surface area contributed by atoms with Gasteiger partial charge in [-0.15, -0.1) is 0 Å². The summed E-state index contributed by atoms with van der Waals surface area (Å²) in [5.41, 5.74) is 1.10. The van der Waals surface area contributed by atoms with Crippen molar-refractivity contribution < 1.29 is 13.2 Å². The molecule has 0 aliphatic rings. The van der Waals surface area contributed by atoms with Crippen molar-refractivity contribution >= 4 is 11.9 Å². The SMILES string of the molecule is Cc1ccc(N=Cc2ccccc2C(F)(F)F)cc1. The highest BCUT2D eigenvalue weighted by atomic mass is 19.4. The molecule has 0 unspecified atom stereocenters. The molecule has 0 amide bonds. The van der Waals surface area contributed by atoms with Crippen molar-refractivity contribution in [2.75, 3.05) is 0 Å². The van der Waals surface area contributed by atoms with Crippen LogP contribution in [-0.2, 0) is 6.18 Å². The third kappa shape index (κ3) is 3.44. The highest BCUT2D eigenvalue weighted by molar-refractivity contribution is 5.84. The Morgan fingerprint density at radius 3 is 2.21 bits per heavy atom. The van der Waals surface area contributed by atoms with Crippen LogP contribution in [0, 0.1) is 6.92 Å². The summed E-state index contributed by atoms with van der Waals surface area (Å²) in [6, 6.07) is 12.6. The number of nitrogens with zero attached hydrogens (tertiary/aromatic N) is 1. The van der Waals surface area contributed by atoms with Crippen LogP contribution in [0.4, 0.5) is 18.9 Å². The first-order chi connectivity index (χ1) is 8.97. The lowest BCUT2D eigenvalue weighted by Gasteiger charge is -2.09. The maximum Gasteiger partial charge on any atom is 0.417 e. The van der Waals surface area contributed by atoms with Crippen molar-refractivity contribution in [1.82, 2.24) is 0 Å². The summed E-state index contributed by atoms with van der Waals surface area (Å²) >= 11 is 0. The number of rotatable bonds is 2. The summed E-state index contributed by atoms with van der Waals surface area (Å²) in [7, 11) is 0. The van der Waals surface area contributed by atoms with E-state index in [1.165, 1.54) is 18.3 Å². The van der Waals surface area contributed by atoms with Crippen LogP contribution in [-0.4, -0.2) is 6.21 Å². The minimum absolute atomic E-state index is 0.0653. The van der Waals surface area contributed by atoms with Gasteiger partial charge in [-0.05, 0) is 25.1 Å². The van der Waals surface area contributed by atoms with E-state index in [0.29, 0.717) is 5.69 Å². The van der Waals surface area contributed by atoms with Crippen LogP contribution in [0.15, 0.2) is 53.5 Å². The first-order valence-corrected chi connectivity index (χ1v) is 5.74. The maximum atomic E-state index is 12.8. The van der Waals surface area contributed by atoms with Crippen LogP contribution in [0.25, 0.3) is 0 Å². The lowest BCUT2D eigenvalue weighted by atomic mass is 10.1. The topological polar surface area (TPSA) is 12.4 Å². The van der Waals surface area contributed by atoms with Crippen LogP contribution in [0.2, 0.25) is 0 Å². The van der Waals surface area contributed by atoms with E-state index >= 15 is 0 Å². The van der Waals surface area contributed by atoms with Crippen molar-refractivity contribution in [1.29, 1.82) is 0 Å². The fourth-order valence-corrected chi connectivity index (χ4v) is 1.64. The van der Waals surface area contributed by atoms with E-state index in [0.717, 1.165) is 11.6 Å². The lowest BCUT2D eigenvalue weighted by Crippen LogP contribution is -2.08. The van der Waals surface area contributed by atoms with Gasteiger partial charge >= 0.3 is 6.18 Å². The van der Waals surface area contributed by atoms with E-state index in [1.54, 1.807) is 18.2 Å². The Morgan fingerprint density at radius 2 is 1.58 bits per heavy atom. The third-order valence-electron chi connectivity index (χ3n) is 2.65. The van der Waals surface area contributed by atoms with E-state index in [1.807, 2.05) is 19.1 Å². The fraction of sp³-hybridized carbons (Fsp3) is 0.133. The number of aliphatic imine (C=N–C) groups is 1. The molecular formula is C15H12F3N. The van der Waals surface area contributed by atoms with E-state index in [4.69, 9.17) is 0 Å². The van der Waals surface area contributed by atoms with Gasteiger partial charge in [-0.1, -0.05) is 35.9 Å². The zero-order chi connectivity index (χ0) is 13.9. The quantitative estimate of drug-likeness (QED) is 0.692. The number of hydrogen-bond acceptors (Lipinski definition) is 1. The standard InChI is InChI=1S/C15H12F3N/c1-11-6-8-13(9-7-11)19-10-12-4-2-3-5-14(12)15(16,17)18/h2-10H,1H3. The molecular weight excluding hydrogens is 251 g/mol. The van der Waals surface area contributed by atoms with Crippen LogP contribution in [0.1, 0.15) is 16.7 Å². The largest absolute Gasteiger partial charge is 0.417 e. The summed E-state index contributed by atoms with van der Waals surface area (Å²) in [5, 5.41) is 0. The van der Waals surface area contributed by atoms with E-state index < -0.39 is 11.7 Å². The first kappa shape index (κ1) is 13.3. The van der Waals surface area contributed by atoms with E-state index in [9.17, 15) is 13.2 Å². The molecule has 2 aromatic carbocycles. The zero-order valence-electron chi connectivity index (χ0n) is 10.3. The minimum Gasteiger partial charge on any atom is -0.256 e. The number of aryl methyl sites for hydroxylation is 1. The van der Waals surface area contributed by atoms with Gasteiger partial charge in [0.2, 0.25) is 0 Å². The highest BCUT2D eigenvalue weighted by Gasteiger charge is 2.32. The number of alkyl halides is 3. The fourth-order valence-electron chi connectivity index (χ4n) is 1.64. The molecule has 0 N–H and O–H groups in total. The van der Waals surface area contributed by atoms with Gasteiger partial charge in [0.15, 0.2) is 0 Å². The van der Waals surface area contributed by atoms with Crippen LogP contribution < -0.4 is 0 Å². The molecule has 0 bridgehead atoms. The first-order valence-electron chi connectivity index (χ1n) is 5.74. The van der Waals surface area contributed by atoms with Gasteiger partial charge in [0, 0.05) is 11.8 Å². The van der Waals surface area contributed by atoms with Crippen molar-refractivity contribution in [2.24, 2.45) is 4.99 Å². The van der Waals surface area contributed by atoms with E-state index in [2.05, 4.69) is 4.99 Å². The minimum atomic E-state index is -4.37. The van der Waals surface area contributed by atoms with Crippen molar-refractivity contribution in [3.63, 3.8) is 0 Å². The Labute approximate surface area is 109 Å². The smallest absolute Gasteiger partial charge is 0.256 e. The number of hydrogen-bond donors (Lipinski definition) is 0. The molecule has 0 atom stereocenters. The highest BCUT2D eigenvalue weighted by Crippen LogP contribution is 2.31. The zero-order valence-corrected chi connectivity index (χ0v) is 10.3. The molecule has 0 aliphatic heterocycles. The van der Waals surface area contributed by atoms with Crippen molar-refractivity contribution in [3.05, 3.63) is 65.2 Å². The maximum absolute atomic E-state index is 12.8. The monoisotopic (exact) mass is 263 g/mol. The average Bonchev–Trinajstić information content (AvgIpc) is 2.37. The van der Waals surface area contributed by atoms with Gasteiger partial charge in [0.1, 0.15) is 0 Å². The normalized spacial score (nSPS) is 12.0. The summed E-state index contributed by atoms with van der Waals surface area (Å²) in [4.78, 5) is 4.07. The predicted molar refractivity (Wildman–Crippen MR) is 69.9 cm³/mol. The molecule has 4 heteroatoms. The Morgan fingerprint density at radius 1 is 0.947 bits per heavy atom. The molecule has 98 valence electrons. The molecule has 0 aromatic heterocycles. The van der Waals surface area contributed by atoms with Gasteiger partial charge in [0.05, 0.1) is 11.3 Å². The van der Waals surface area contributed by atoms with Gasteiger partial charge < -0.3 is 0 Å². The molecule has 0 spiro atoms. The lowest BCUT2D eigenvalue weighted by molar-refractivity contribution is -0.137. The van der Waals surface area contributed by atoms with Crippen LogP contribution >= 0.6 is 0 Å².